The van der Waals surface area contributed by atoms with Crippen LogP contribution in [-0.2, 0) is 29.1 Å². The van der Waals surface area contributed by atoms with Crippen molar-refractivity contribution in [2.24, 2.45) is 0 Å². The molecule has 28 heavy (non-hydrogen) atoms. The zero-order valence-corrected chi connectivity index (χ0v) is 16.5. The molecule has 9 nitrogen and oxygen atoms in total. The zero-order valence-electron chi connectivity index (χ0n) is 15.6. The molecule has 152 valence electrons. The summed E-state index contributed by atoms with van der Waals surface area (Å²) >= 11 is 0. The number of anilines is 1. The molecular formula is C18H23N3O6S. The molecule has 3 amide bonds. The summed E-state index contributed by atoms with van der Waals surface area (Å²) in [6.07, 6.45) is 0.319. The summed E-state index contributed by atoms with van der Waals surface area (Å²) < 4.78 is 32.4. The van der Waals surface area contributed by atoms with Crippen molar-refractivity contribution in [2.75, 3.05) is 38.2 Å². The second-order valence-electron chi connectivity index (χ2n) is 6.73. The second kappa shape index (κ2) is 8.38. The number of benzene rings is 1. The highest BCUT2D eigenvalue weighted by Gasteiger charge is 2.29. The van der Waals surface area contributed by atoms with Gasteiger partial charge in [-0.2, -0.15) is 4.31 Å². The average molecular weight is 409 g/mol. The Morgan fingerprint density at radius 3 is 2.43 bits per heavy atom. The average Bonchev–Trinajstić information content (AvgIpc) is 3.00. The highest BCUT2D eigenvalue weighted by Crippen LogP contribution is 2.24. The maximum atomic E-state index is 12.9. The minimum absolute atomic E-state index is 0.0221. The number of likely N-dealkylation sites (tertiary alicyclic amines) is 1. The van der Waals surface area contributed by atoms with Crippen LogP contribution in [0.15, 0.2) is 23.1 Å². The summed E-state index contributed by atoms with van der Waals surface area (Å²) in [5, 5.41) is 2.64. The van der Waals surface area contributed by atoms with Crippen LogP contribution in [-0.4, -0.2) is 68.2 Å². The summed E-state index contributed by atoms with van der Waals surface area (Å²) in [4.78, 5) is 36.6. The fourth-order valence-corrected chi connectivity index (χ4v) is 4.85. The monoisotopic (exact) mass is 409 g/mol. The van der Waals surface area contributed by atoms with Gasteiger partial charge in [-0.3, -0.25) is 19.3 Å². The van der Waals surface area contributed by atoms with Crippen molar-refractivity contribution in [1.29, 1.82) is 0 Å². The number of morpholine rings is 1. The van der Waals surface area contributed by atoms with Gasteiger partial charge in [0.15, 0.2) is 0 Å². The van der Waals surface area contributed by atoms with Crippen LogP contribution in [0.3, 0.4) is 0 Å². The molecule has 0 radical (unpaired) electrons. The predicted octanol–water partition coefficient (Wildman–Crippen LogP) is 0.494. The van der Waals surface area contributed by atoms with Gasteiger partial charge >= 0.3 is 0 Å². The molecule has 0 unspecified atom stereocenters. The van der Waals surface area contributed by atoms with Crippen molar-refractivity contribution < 1.29 is 27.5 Å². The van der Waals surface area contributed by atoms with Gasteiger partial charge in [0.1, 0.15) is 0 Å². The van der Waals surface area contributed by atoms with Gasteiger partial charge in [0.2, 0.25) is 27.7 Å². The van der Waals surface area contributed by atoms with Crippen molar-refractivity contribution in [3.8, 4) is 0 Å². The van der Waals surface area contributed by atoms with E-state index in [1.54, 1.807) is 19.1 Å². The Morgan fingerprint density at radius 1 is 1.14 bits per heavy atom. The molecule has 0 atom stereocenters. The number of rotatable bonds is 6. The maximum Gasteiger partial charge on any atom is 0.243 e. The lowest BCUT2D eigenvalue weighted by atomic mass is 10.2. The van der Waals surface area contributed by atoms with Crippen molar-refractivity contribution in [3.05, 3.63) is 23.8 Å². The van der Waals surface area contributed by atoms with Crippen molar-refractivity contribution in [1.82, 2.24) is 9.21 Å². The molecule has 2 aliphatic rings. The van der Waals surface area contributed by atoms with Crippen LogP contribution < -0.4 is 5.32 Å². The lowest BCUT2D eigenvalue weighted by Crippen LogP contribution is -2.40. The molecule has 1 aromatic rings. The number of hydrogen-bond acceptors (Lipinski definition) is 6. The number of ether oxygens (including phenoxy) is 1. The third kappa shape index (κ3) is 4.40. The van der Waals surface area contributed by atoms with Gasteiger partial charge in [0, 0.05) is 44.6 Å². The van der Waals surface area contributed by atoms with E-state index in [2.05, 4.69) is 5.32 Å². The largest absolute Gasteiger partial charge is 0.379 e. The molecule has 0 bridgehead atoms. The number of nitrogens with one attached hydrogen (secondary N) is 1. The van der Waals surface area contributed by atoms with Crippen molar-refractivity contribution in [2.45, 2.75) is 31.1 Å². The van der Waals surface area contributed by atoms with Crippen molar-refractivity contribution >= 4 is 33.4 Å². The van der Waals surface area contributed by atoms with Crippen LogP contribution >= 0.6 is 0 Å². The number of hydrogen-bond donors (Lipinski definition) is 1. The first-order chi connectivity index (χ1) is 13.3. The molecule has 2 saturated heterocycles. The predicted molar refractivity (Wildman–Crippen MR) is 100.0 cm³/mol. The van der Waals surface area contributed by atoms with E-state index >= 15 is 0 Å². The van der Waals surface area contributed by atoms with Gasteiger partial charge in [0.25, 0.3) is 0 Å². The van der Waals surface area contributed by atoms with Crippen LogP contribution in [0.1, 0.15) is 24.8 Å². The van der Waals surface area contributed by atoms with E-state index in [4.69, 9.17) is 4.74 Å². The Hall–Kier alpha value is -2.30. The number of nitrogens with zero attached hydrogens (tertiary/aromatic N) is 2. The highest BCUT2D eigenvalue weighted by molar-refractivity contribution is 7.89. The first-order valence-electron chi connectivity index (χ1n) is 9.10. The van der Waals surface area contributed by atoms with E-state index in [0.717, 1.165) is 4.90 Å². The van der Waals surface area contributed by atoms with Gasteiger partial charge in [-0.15, -0.1) is 0 Å². The third-order valence-corrected chi connectivity index (χ3v) is 6.82. The van der Waals surface area contributed by atoms with E-state index in [1.165, 1.54) is 10.4 Å². The van der Waals surface area contributed by atoms with E-state index in [-0.39, 0.29) is 55.6 Å². The Labute approximate surface area is 163 Å². The molecule has 0 aliphatic carbocycles. The van der Waals surface area contributed by atoms with E-state index in [0.29, 0.717) is 24.5 Å². The van der Waals surface area contributed by atoms with Gasteiger partial charge < -0.3 is 10.1 Å². The van der Waals surface area contributed by atoms with Crippen molar-refractivity contribution in [3.63, 3.8) is 0 Å². The van der Waals surface area contributed by atoms with Gasteiger partial charge in [-0.05, 0) is 24.6 Å². The number of sulfonamides is 1. The minimum Gasteiger partial charge on any atom is -0.379 e. The number of carbonyl (C=O) groups is 3. The molecule has 0 aromatic heterocycles. The fraction of sp³-hybridized carbons (Fsp3) is 0.500. The summed E-state index contributed by atoms with van der Waals surface area (Å²) in [5.74, 6) is -0.940. The van der Waals surface area contributed by atoms with Crippen LogP contribution in [0.25, 0.3) is 0 Å². The zero-order chi connectivity index (χ0) is 20.3. The fourth-order valence-electron chi connectivity index (χ4n) is 3.19. The van der Waals surface area contributed by atoms with Crippen LogP contribution in [0, 0.1) is 6.92 Å². The van der Waals surface area contributed by atoms with E-state index in [1.807, 2.05) is 0 Å². The summed E-state index contributed by atoms with van der Waals surface area (Å²) in [7, 11) is -3.69. The molecule has 0 saturated carbocycles. The molecule has 1 aromatic carbocycles. The number of imide groups is 1. The Balaban J connectivity index is 1.68. The van der Waals surface area contributed by atoms with Crippen LogP contribution in [0.2, 0.25) is 0 Å². The van der Waals surface area contributed by atoms with Crippen LogP contribution in [0.4, 0.5) is 5.69 Å². The lowest BCUT2D eigenvalue weighted by molar-refractivity contribution is -0.138. The molecule has 2 fully saturated rings. The second-order valence-corrected chi connectivity index (χ2v) is 8.64. The molecule has 0 spiro atoms. The van der Waals surface area contributed by atoms with Crippen LogP contribution in [0.5, 0.6) is 0 Å². The van der Waals surface area contributed by atoms with Gasteiger partial charge in [-0.1, -0.05) is 6.07 Å². The molecule has 2 heterocycles. The Bertz CT molecular complexity index is 877. The highest BCUT2D eigenvalue weighted by atomic mass is 32.2. The quantitative estimate of drug-likeness (QED) is 0.685. The molecular weight excluding hydrogens is 386 g/mol. The number of carbonyl (C=O) groups excluding carboxylic acids is 3. The van der Waals surface area contributed by atoms with Gasteiger partial charge in [0.05, 0.1) is 18.1 Å². The standard InChI is InChI=1S/C18H23N3O6S/c1-13-2-3-14(12-15(13)28(25,26)20-8-10-27-11-9-20)19-16(22)6-7-21-17(23)4-5-18(21)24/h2-3,12H,4-11H2,1H3,(H,19,22). The smallest absolute Gasteiger partial charge is 0.243 e. The minimum atomic E-state index is -3.69. The Morgan fingerprint density at radius 2 is 1.79 bits per heavy atom. The SMILES string of the molecule is Cc1ccc(NC(=O)CCN2C(=O)CCC2=O)cc1S(=O)(=O)N1CCOCC1. The first-order valence-corrected chi connectivity index (χ1v) is 10.5. The number of aryl methyl sites for hydroxylation is 1. The number of amides is 3. The summed E-state index contributed by atoms with van der Waals surface area (Å²) in [6, 6.07) is 4.69. The third-order valence-electron chi connectivity index (χ3n) is 4.78. The molecule has 10 heteroatoms. The maximum absolute atomic E-state index is 12.9. The molecule has 3 rings (SSSR count). The summed E-state index contributed by atoms with van der Waals surface area (Å²) in [5.41, 5.74) is 0.930. The Kier molecular flexibility index (Phi) is 6.11. The topological polar surface area (TPSA) is 113 Å². The van der Waals surface area contributed by atoms with Gasteiger partial charge in [-0.25, -0.2) is 8.42 Å². The van der Waals surface area contributed by atoms with E-state index < -0.39 is 15.9 Å². The normalized spacial score (nSPS) is 18.5. The first kappa shape index (κ1) is 20.4. The molecule has 1 N–H and O–H groups in total. The summed E-state index contributed by atoms with van der Waals surface area (Å²) in [6.45, 7) is 3.00. The van der Waals surface area contributed by atoms with E-state index in [9.17, 15) is 22.8 Å². The molecule has 2 aliphatic heterocycles. The lowest BCUT2D eigenvalue weighted by Gasteiger charge is -2.26.